The SMILES string of the molecule is CC(C)(C)P(CCP(C(C)(C)C)C(C)(C)C)C(C)(C)C. The average molecular weight is 318 g/mol. The highest BCUT2D eigenvalue weighted by Crippen LogP contribution is 2.64. The summed E-state index contributed by atoms with van der Waals surface area (Å²) in [5.41, 5.74) is 0. The summed E-state index contributed by atoms with van der Waals surface area (Å²) in [5, 5.41) is 1.85. The first-order valence-electron chi connectivity index (χ1n) is 8.03. The molecule has 0 bridgehead atoms. The van der Waals surface area contributed by atoms with E-state index in [1.165, 1.54) is 12.3 Å². The molecule has 0 nitrogen and oxygen atoms in total. The first kappa shape index (κ1) is 20.9. The lowest BCUT2D eigenvalue weighted by molar-refractivity contribution is 0.695. The molecule has 2 heteroatoms. The maximum atomic E-state index is 2.44. The summed E-state index contributed by atoms with van der Waals surface area (Å²) in [6, 6.07) is 0. The number of hydrogen-bond acceptors (Lipinski definition) is 0. The van der Waals surface area contributed by atoms with Crippen LogP contribution in [-0.2, 0) is 0 Å². The van der Waals surface area contributed by atoms with E-state index in [0.29, 0.717) is 20.6 Å². The van der Waals surface area contributed by atoms with E-state index >= 15 is 0 Å². The second-order valence-electron chi connectivity index (χ2n) is 9.99. The normalized spacial score (nSPS) is 15.3. The Morgan fingerprint density at radius 3 is 0.650 bits per heavy atom. The molecule has 20 heavy (non-hydrogen) atoms. The summed E-state index contributed by atoms with van der Waals surface area (Å²) >= 11 is 0. The minimum atomic E-state index is 0.0466. The fourth-order valence-corrected chi connectivity index (χ4v) is 11.9. The predicted octanol–water partition coefficient (Wildman–Crippen LogP) is 7.14. The summed E-state index contributed by atoms with van der Waals surface area (Å²) in [7, 11) is 0.0933. The smallest absolute Gasteiger partial charge is 0.0174 e. The van der Waals surface area contributed by atoms with Crippen molar-refractivity contribution in [2.45, 2.75) is 104 Å². The Bertz CT molecular complexity index is 231. The van der Waals surface area contributed by atoms with Crippen molar-refractivity contribution < 1.29 is 0 Å². The van der Waals surface area contributed by atoms with Crippen LogP contribution >= 0.6 is 15.8 Å². The Hall–Kier alpha value is 0.860. The zero-order valence-corrected chi connectivity index (χ0v) is 18.1. The third-order valence-electron chi connectivity index (χ3n) is 3.79. The van der Waals surface area contributed by atoms with Crippen molar-refractivity contribution in [2.24, 2.45) is 0 Å². The summed E-state index contributed by atoms with van der Waals surface area (Å²) in [6.07, 6.45) is 2.87. The molecular weight excluding hydrogens is 278 g/mol. The van der Waals surface area contributed by atoms with Crippen LogP contribution in [0.2, 0.25) is 0 Å². The summed E-state index contributed by atoms with van der Waals surface area (Å²) < 4.78 is 0. The average Bonchev–Trinajstić information content (AvgIpc) is 2.02. The van der Waals surface area contributed by atoms with Gasteiger partial charge in [0.05, 0.1) is 0 Å². The number of hydrogen-bond donors (Lipinski definition) is 0. The molecule has 0 saturated carbocycles. The summed E-state index contributed by atoms with van der Waals surface area (Å²) in [6.45, 7) is 29.3. The Morgan fingerprint density at radius 1 is 0.400 bits per heavy atom. The Kier molecular flexibility index (Phi) is 6.82. The van der Waals surface area contributed by atoms with Gasteiger partial charge in [-0.3, -0.25) is 0 Å². The van der Waals surface area contributed by atoms with Crippen molar-refractivity contribution in [2.75, 3.05) is 12.3 Å². The van der Waals surface area contributed by atoms with Crippen LogP contribution in [0.4, 0.5) is 0 Å². The second kappa shape index (κ2) is 6.54. The van der Waals surface area contributed by atoms with Crippen molar-refractivity contribution in [1.82, 2.24) is 0 Å². The Balaban J connectivity index is 5.10. The van der Waals surface area contributed by atoms with Crippen LogP contribution in [0.3, 0.4) is 0 Å². The van der Waals surface area contributed by atoms with Crippen LogP contribution in [0, 0.1) is 0 Å². The highest BCUT2D eigenvalue weighted by molar-refractivity contribution is 7.64. The van der Waals surface area contributed by atoms with Crippen molar-refractivity contribution in [3.63, 3.8) is 0 Å². The van der Waals surface area contributed by atoms with Crippen LogP contribution in [-0.4, -0.2) is 32.9 Å². The van der Waals surface area contributed by atoms with E-state index in [-0.39, 0.29) is 15.8 Å². The molecule has 0 heterocycles. The summed E-state index contributed by atoms with van der Waals surface area (Å²) in [4.78, 5) is 0. The van der Waals surface area contributed by atoms with Gasteiger partial charge in [0.25, 0.3) is 0 Å². The van der Waals surface area contributed by atoms with E-state index in [2.05, 4.69) is 83.1 Å². The second-order valence-corrected chi connectivity index (χ2v) is 18.0. The molecule has 0 aromatic rings. The van der Waals surface area contributed by atoms with E-state index < -0.39 is 0 Å². The van der Waals surface area contributed by atoms with Gasteiger partial charge in [0.2, 0.25) is 0 Å². The molecule has 0 fully saturated rings. The van der Waals surface area contributed by atoms with Gasteiger partial charge in [-0.15, -0.1) is 0 Å². The molecule has 0 aromatic carbocycles. The van der Waals surface area contributed by atoms with Crippen molar-refractivity contribution in [3.8, 4) is 0 Å². The molecule has 0 aliphatic heterocycles. The van der Waals surface area contributed by atoms with Crippen LogP contribution in [0.5, 0.6) is 0 Å². The molecule has 0 N–H and O–H groups in total. The zero-order valence-electron chi connectivity index (χ0n) is 16.3. The maximum Gasteiger partial charge on any atom is -0.0174 e. The monoisotopic (exact) mass is 318 g/mol. The fraction of sp³-hybridized carbons (Fsp3) is 1.00. The lowest BCUT2D eigenvalue weighted by atomic mass is 10.2. The van der Waals surface area contributed by atoms with Crippen LogP contribution in [0.1, 0.15) is 83.1 Å². The molecule has 0 amide bonds. The van der Waals surface area contributed by atoms with Crippen LogP contribution in [0.15, 0.2) is 0 Å². The van der Waals surface area contributed by atoms with Gasteiger partial charge in [0, 0.05) is 0 Å². The zero-order chi connectivity index (χ0) is 16.6. The molecule has 0 aliphatic rings. The van der Waals surface area contributed by atoms with E-state index in [9.17, 15) is 0 Å². The standard InChI is InChI=1S/C18H40P2/c1-15(2,3)19(16(4,5)6)13-14-20(17(7,8)9)18(10,11)12/h13-14H2,1-12H3. The number of rotatable bonds is 3. The lowest BCUT2D eigenvalue weighted by Crippen LogP contribution is -2.31. The molecule has 0 aromatic heterocycles. The molecular formula is C18H40P2. The Morgan fingerprint density at radius 2 is 0.550 bits per heavy atom. The molecule has 0 radical (unpaired) electrons. The van der Waals surface area contributed by atoms with Gasteiger partial charge in [-0.05, 0) is 32.9 Å². The van der Waals surface area contributed by atoms with Crippen molar-refractivity contribution in [1.29, 1.82) is 0 Å². The third kappa shape index (κ3) is 6.75. The molecule has 0 rings (SSSR count). The Labute approximate surface area is 132 Å². The van der Waals surface area contributed by atoms with E-state index in [1.807, 2.05) is 0 Å². The largest absolute Gasteiger partial charge is 0.0953 e. The minimum Gasteiger partial charge on any atom is -0.0953 e. The first-order chi connectivity index (χ1) is 8.47. The van der Waals surface area contributed by atoms with Crippen LogP contribution < -0.4 is 0 Å². The molecule has 0 spiro atoms. The van der Waals surface area contributed by atoms with Gasteiger partial charge < -0.3 is 0 Å². The summed E-state index contributed by atoms with van der Waals surface area (Å²) in [5.74, 6) is 0. The lowest BCUT2D eigenvalue weighted by Gasteiger charge is -2.46. The first-order valence-corrected chi connectivity index (χ1v) is 11.1. The highest BCUT2D eigenvalue weighted by Gasteiger charge is 2.38. The maximum absolute atomic E-state index is 2.44. The third-order valence-corrected chi connectivity index (χ3v) is 12.0. The van der Waals surface area contributed by atoms with Crippen LogP contribution in [0.25, 0.3) is 0 Å². The molecule has 0 unspecified atom stereocenters. The van der Waals surface area contributed by atoms with Gasteiger partial charge in [-0.1, -0.05) is 98.9 Å². The molecule has 0 atom stereocenters. The molecule has 122 valence electrons. The highest BCUT2D eigenvalue weighted by atomic mass is 31.1. The van der Waals surface area contributed by atoms with Gasteiger partial charge in [-0.2, -0.15) is 0 Å². The van der Waals surface area contributed by atoms with E-state index in [4.69, 9.17) is 0 Å². The molecule has 0 aliphatic carbocycles. The van der Waals surface area contributed by atoms with Gasteiger partial charge in [-0.25, -0.2) is 0 Å². The van der Waals surface area contributed by atoms with Crippen molar-refractivity contribution in [3.05, 3.63) is 0 Å². The topological polar surface area (TPSA) is 0 Å². The quantitative estimate of drug-likeness (QED) is 0.485. The van der Waals surface area contributed by atoms with Crippen molar-refractivity contribution >= 4 is 15.8 Å². The molecule has 0 saturated heterocycles. The van der Waals surface area contributed by atoms with E-state index in [1.54, 1.807) is 0 Å². The fourth-order valence-electron chi connectivity index (χ4n) is 3.55. The van der Waals surface area contributed by atoms with E-state index in [0.717, 1.165) is 0 Å². The predicted molar refractivity (Wildman–Crippen MR) is 103 cm³/mol. The van der Waals surface area contributed by atoms with Gasteiger partial charge in [0.15, 0.2) is 0 Å². The van der Waals surface area contributed by atoms with Gasteiger partial charge >= 0.3 is 0 Å². The van der Waals surface area contributed by atoms with Gasteiger partial charge in [0.1, 0.15) is 0 Å². The minimum absolute atomic E-state index is 0.0466.